The Bertz CT molecular complexity index is 476. The summed E-state index contributed by atoms with van der Waals surface area (Å²) in [4.78, 5) is 12.0. The van der Waals surface area contributed by atoms with Crippen molar-refractivity contribution < 1.29 is 9.00 Å². The van der Waals surface area contributed by atoms with E-state index in [-0.39, 0.29) is 11.8 Å². The summed E-state index contributed by atoms with van der Waals surface area (Å²) in [6.45, 7) is 1.29. The van der Waals surface area contributed by atoms with Crippen molar-refractivity contribution in [2.45, 2.75) is 12.8 Å². The number of anilines is 1. The highest BCUT2D eigenvalue weighted by atomic mass is 32.2. The quantitative estimate of drug-likeness (QED) is 0.796. The van der Waals surface area contributed by atoms with Gasteiger partial charge in [0.15, 0.2) is 0 Å². The van der Waals surface area contributed by atoms with Crippen molar-refractivity contribution in [2.24, 2.45) is 5.92 Å². The molecule has 0 fully saturated rings. The van der Waals surface area contributed by atoms with Gasteiger partial charge in [0.2, 0.25) is 5.91 Å². The number of carbonyl (C=O) groups is 1. The predicted octanol–water partition coefficient (Wildman–Crippen LogP) is 1.16. The van der Waals surface area contributed by atoms with Crippen molar-refractivity contribution in [3.63, 3.8) is 0 Å². The summed E-state index contributed by atoms with van der Waals surface area (Å²) < 4.78 is 10.9. The van der Waals surface area contributed by atoms with Gasteiger partial charge in [0.25, 0.3) is 0 Å². The molecule has 2 N–H and O–H groups in total. The molecule has 0 saturated carbocycles. The maximum Gasteiger partial charge on any atom is 0.225 e. The van der Waals surface area contributed by atoms with E-state index in [9.17, 15) is 9.00 Å². The molecule has 0 radical (unpaired) electrons. The third-order valence-electron chi connectivity index (χ3n) is 3.30. The minimum atomic E-state index is -0.778. The summed E-state index contributed by atoms with van der Waals surface area (Å²) in [5.74, 6) is 0.720. The van der Waals surface area contributed by atoms with Crippen LogP contribution in [0, 0.1) is 5.92 Å². The minimum absolute atomic E-state index is 0.0120. The van der Waals surface area contributed by atoms with Gasteiger partial charge in [0.05, 0.1) is 5.92 Å². The fourth-order valence-electron chi connectivity index (χ4n) is 2.26. The van der Waals surface area contributed by atoms with E-state index < -0.39 is 10.8 Å². The van der Waals surface area contributed by atoms with Crippen LogP contribution in [0.5, 0.6) is 0 Å². The maximum atomic E-state index is 12.0. The second-order valence-electron chi connectivity index (χ2n) is 4.86. The minimum Gasteiger partial charge on any atom is -0.384 e. The Hall–Kier alpha value is -1.36. The van der Waals surface area contributed by atoms with E-state index in [0.29, 0.717) is 18.8 Å². The fourth-order valence-corrected chi connectivity index (χ4v) is 2.81. The number of para-hydroxylation sites is 1. The smallest absolute Gasteiger partial charge is 0.225 e. The molecular formula is C14H20N2O2S. The van der Waals surface area contributed by atoms with Gasteiger partial charge in [-0.25, -0.2) is 0 Å². The molecule has 1 heterocycles. The van der Waals surface area contributed by atoms with Crippen molar-refractivity contribution in [3.05, 3.63) is 29.8 Å². The second kappa shape index (κ2) is 6.70. The third kappa shape index (κ3) is 4.06. The molecule has 0 aromatic heterocycles. The van der Waals surface area contributed by atoms with Gasteiger partial charge in [-0.15, -0.1) is 0 Å². The lowest BCUT2D eigenvalue weighted by Gasteiger charge is -2.25. The number of fused-ring (bicyclic) bond motifs is 1. The van der Waals surface area contributed by atoms with Gasteiger partial charge >= 0.3 is 0 Å². The highest BCUT2D eigenvalue weighted by Gasteiger charge is 2.23. The lowest BCUT2D eigenvalue weighted by Crippen LogP contribution is -2.38. The molecule has 1 aromatic rings. The maximum absolute atomic E-state index is 12.0. The summed E-state index contributed by atoms with van der Waals surface area (Å²) in [6.07, 6.45) is 3.24. The van der Waals surface area contributed by atoms with E-state index >= 15 is 0 Å². The van der Waals surface area contributed by atoms with Gasteiger partial charge in [-0.1, -0.05) is 18.2 Å². The summed E-state index contributed by atoms with van der Waals surface area (Å²) in [7, 11) is -0.778. The van der Waals surface area contributed by atoms with Crippen LogP contribution in [-0.4, -0.2) is 35.2 Å². The SMILES string of the molecule is CS(=O)CCCNC(=O)C1CNc2ccccc2C1. The molecule has 0 aliphatic carbocycles. The Morgan fingerprint density at radius 1 is 1.47 bits per heavy atom. The predicted molar refractivity (Wildman–Crippen MR) is 78.7 cm³/mol. The summed E-state index contributed by atoms with van der Waals surface area (Å²) in [5.41, 5.74) is 2.33. The molecular weight excluding hydrogens is 260 g/mol. The Kier molecular flexibility index (Phi) is 4.96. The number of benzene rings is 1. The summed E-state index contributed by atoms with van der Waals surface area (Å²) in [5, 5.41) is 6.22. The number of rotatable bonds is 5. The van der Waals surface area contributed by atoms with Crippen LogP contribution in [0.4, 0.5) is 5.69 Å². The van der Waals surface area contributed by atoms with Gasteiger partial charge in [-0.2, -0.15) is 0 Å². The number of amides is 1. The van der Waals surface area contributed by atoms with E-state index in [1.165, 1.54) is 5.56 Å². The van der Waals surface area contributed by atoms with Crippen molar-refractivity contribution in [2.75, 3.05) is 30.4 Å². The van der Waals surface area contributed by atoms with Crippen molar-refractivity contribution in [1.82, 2.24) is 5.32 Å². The molecule has 1 aliphatic rings. The summed E-state index contributed by atoms with van der Waals surface area (Å²) in [6, 6.07) is 8.09. The highest BCUT2D eigenvalue weighted by molar-refractivity contribution is 7.84. The third-order valence-corrected chi connectivity index (χ3v) is 4.16. The van der Waals surface area contributed by atoms with Crippen LogP contribution in [0.3, 0.4) is 0 Å². The summed E-state index contributed by atoms with van der Waals surface area (Å²) >= 11 is 0. The van der Waals surface area contributed by atoms with Gasteiger partial charge in [-0.05, 0) is 24.5 Å². The van der Waals surface area contributed by atoms with Crippen LogP contribution in [0.25, 0.3) is 0 Å². The highest BCUT2D eigenvalue weighted by Crippen LogP contribution is 2.24. The Labute approximate surface area is 116 Å². The molecule has 0 bridgehead atoms. The molecule has 104 valence electrons. The van der Waals surface area contributed by atoms with E-state index in [2.05, 4.69) is 16.7 Å². The Morgan fingerprint density at radius 2 is 2.26 bits per heavy atom. The number of carbonyl (C=O) groups excluding carboxylic acids is 1. The van der Waals surface area contributed by atoms with Gasteiger partial charge in [0.1, 0.15) is 0 Å². The molecule has 1 aliphatic heterocycles. The van der Waals surface area contributed by atoms with Crippen LogP contribution < -0.4 is 10.6 Å². The van der Waals surface area contributed by atoms with Crippen LogP contribution in [0.1, 0.15) is 12.0 Å². The average molecular weight is 280 g/mol. The molecule has 2 atom stereocenters. The zero-order chi connectivity index (χ0) is 13.7. The average Bonchev–Trinajstić information content (AvgIpc) is 2.42. The molecule has 5 heteroatoms. The lowest BCUT2D eigenvalue weighted by molar-refractivity contribution is -0.124. The molecule has 1 amide bonds. The van der Waals surface area contributed by atoms with Gasteiger partial charge in [-0.3, -0.25) is 9.00 Å². The zero-order valence-electron chi connectivity index (χ0n) is 11.1. The van der Waals surface area contributed by atoms with Crippen LogP contribution >= 0.6 is 0 Å². The van der Waals surface area contributed by atoms with Crippen LogP contribution in [-0.2, 0) is 22.0 Å². The zero-order valence-corrected chi connectivity index (χ0v) is 12.0. The largest absolute Gasteiger partial charge is 0.384 e. The van der Waals surface area contributed by atoms with Crippen molar-refractivity contribution >= 4 is 22.4 Å². The molecule has 0 saturated heterocycles. The Balaban J connectivity index is 1.80. The first-order chi connectivity index (χ1) is 9.16. The lowest BCUT2D eigenvalue weighted by atomic mass is 9.93. The monoisotopic (exact) mass is 280 g/mol. The fraction of sp³-hybridized carbons (Fsp3) is 0.500. The molecule has 4 nitrogen and oxygen atoms in total. The van der Waals surface area contributed by atoms with Crippen molar-refractivity contribution in [1.29, 1.82) is 0 Å². The molecule has 2 rings (SSSR count). The van der Waals surface area contributed by atoms with Gasteiger partial charge < -0.3 is 10.6 Å². The first-order valence-corrected chi connectivity index (χ1v) is 8.29. The first-order valence-electron chi connectivity index (χ1n) is 6.56. The Morgan fingerprint density at radius 3 is 3.05 bits per heavy atom. The van der Waals surface area contributed by atoms with E-state index in [0.717, 1.165) is 18.5 Å². The second-order valence-corrected chi connectivity index (χ2v) is 6.42. The first kappa shape index (κ1) is 14.1. The van der Waals surface area contributed by atoms with Gasteiger partial charge in [0, 0.05) is 41.6 Å². The number of hydrogen-bond acceptors (Lipinski definition) is 3. The molecule has 2 unspecified atom stereocenters. The molecule has 0 spiro atoms. The number of hydrogen-bond donors (Lipinski definition) is 2. The normalized spacial score (nSPS) is 19.1. The topological polar surface area (TPSA) is 58.2 Å². The molecule has 1 aromatic carbocycles. The van der Waals surface area contributed by atoms with E-state index in [1.54, 1.807) is 6.26 Å². The molecule has 19 heavy (non-hydrogen) atoms. The van der Waals surface area contributed by atoms with Crippen LogP contribution in [0.2, 0.25) is 0 Å². The van der Waals surface area contributed by atoms with E-state index in [1.807, 2.05) is 18.2 Å². The number of nitrogens with one attached hydrogen (secondary N) is 2. The standard InChI is InChI=1S/C14H20N2O2S/c1-19(18)8-4-7-15-14(17)12-9-11-5-2-3-6-13(11)16-10-12/h2-3,5-6,12,16H,4,7-10H2,1H3,(H,15,17). The van der Waals surface area contributed by atoms with Crippen LogP contribution in [0.15, 0.2) is 24.3 Å². The van der Waals surface area contributed by atoms with Crippen molar-refractivity contribution in [3.8, 4) is 0 Å². The van der Waals surface area contributed by atoms with E-state index in [4.69, 9.17) is 0 Å².